The van der Waals surface area contributed by atoms with Crippen LogP contribution >= 0.6 is 0 Å². The normalized spacial score (nSPS) is 33.9. The summed E-state index contributed by atoms with van der Waals surface area (Å²) >= 11 is 0. The number of rotatable bonds is 3. The number of hydrogen-bond acceptors (Lipinski definition) is 2. The second-order valence-corrected chi connectivity index (χ2v) is 6.40. The summed E-state index contributed by atoms with van der Waals surface area (Å²) in [7, 11) is 0. The molecule has 2 aliphatic rings. The van der Waals surface area contributed by atoms with Gasteiger partial charge in [-0.3, -0.25) is 4.79 Å². The van der Waals surface area contributed by atoms with Crippen molar-refractivity contribution in [1.29, 1.82) is 0 Å². The fraction of sp³-hybridized carbons (Fsp3) is 0.938. The third kappa shape index (κ3) is 3.71. The van der Waals surface area contributed by atoms with E-state index in [4.69, 9.17) is 5.73 Å². The van der Waals surface area contributed by atoms with E-state index in [1.807, 2.05) is 0 Å². The highest BCUT2D eigenvalue weighted by Gasteiger charge is 2.35. The highest BCUT2D eigenvalue weighted by Crippen LogP contribution is 2.34. The van der Waals surface area contributed by atoms with Crippen LogP contribution in [0.5, 0.6) is 0 Å². The van der Waals surface area contributed by atoms with Gasteiger partial charge in [-0.1, -0.05) is 26.2 Å². The molecule has 1 aliphatic heterocycles. The molecule has 0 aromatic rings. The summed E-state index contributed by atoms with van der Waals surface area (Å²) in [5.74, 6) is 1.72. The van der Waals surface area contributed by atoms with E-state index in [0.29, 0.717) is 17.9 Å². The number of nitrogens with two attached hydrogens (primary N) is 1. The minimum atomic E-state index is 0.389. The summed E-state index contributed by atoms with van der Waals surface area (Å²) in [6, 6.07) is 0.425. The van der Waals surface area contributed by atoms with E-state index in [1.54, 1.807) is 0 Å². The molecule has 1 saturated heterocycles. The van der Waals surface area contributed by atoms with Crippen molar-refractivity contribution in [3.05, 3.63) is 0 Å². The van der Waals surface area contributed by atoms with Crippen LogP contribution in [0.4, 0.5) is 0 Å². The molecule has 3 nitrogen and oxygen atoms in total. The van der Waals surface area contributed by atoms with Gasteiger partial charge >= 0.3 is 0 Å². The molecule has 19 heavy (non-hydrogen) atoms. The molecule has 3 atom stereocenters. The van der Waals surface area contributed by atoms with Gasteiger partial charge < -0.3 is 10.6 Å². The van der Waals surface area contributed by atoms with Crippen LogP contribution in [0.3, 0.4) is 0 Å². The molecule has 1 heterocycles. The summed E-state index contributed by atoms with van der Waals surface area (Å²) in [5.41, 5.74) is 5.96. The molecule has 3 heteroatoms. The fourth-order valence-corrected chi connectivity index (χ4v) is 3.85. The quantitative estimate of drug-likeness (QED) is 0.853. The molecule has 3 unspecified atom stereocenters. The Morgan fingerprint density at radius 1 is 1.21 bits per heavy atom. The monoisotopic (exact) mass is 266 g/mol. The Morgan fingerprint density at radius 3 is 2.74 bits per heavy atom. The van der Waals surface area contributed by atoms with Gasteiger partial charge in [0.2, 0.25) is 5.91 Å². The zero-order chi connectivity index (χ0) is 13.7. The van der Waals surface area contributed by atoms with Crippen molar-refractivity contribution in [3.8, 4) is 0 Å². The average molecular weight is 266 g/mol. The summed E-state index contributed by atoms with van der Waals surface area (Å²) in [5, 5.41) is 0. The lowest BCUT2D eigenvalue weighted by atomic mass is 9.76. The lowest BCUT2D eigenvalue weighted by Gasteiger charge is -2.43. The maximum Gasteiger partial charge on any atom is 0.222 e. The number of likely N-dealkylation sites (tertiary alicyclic amines) is 1. The van der Waals surface area contributed by atoms with E-state index < -0.39 is 0 Å². The van der Waals surface area contributed by atoms with Crippen LogP contribution in [-0.2, 0) is 4.79 Å². The zero-order valence-electron chi connectivity index (χ0n) is 12.4. The average Bonchev–Trinajstić information content (AvgIpc) is 2.43. The van der Waals surface area contributed by atoms with Gasteiger partial charge in [-0.25, -0.2) is 0 Å². The van der Waals surface area contributed by atoms with Crippen molar-refractivity contribution in [2.75, 3.05) is 13.1 Å². The SMILES string of the molecule is CCC1CCC(CN)C(N2CCCCCCC2=O)C1. The zero-order valence-corrected chi connectivity index (χ0v) is 12.4. The Morgan fingerprint density at radius 2 is 2.00 bits per heavy atom. The second-order valence-electron chi connectivity index (χ2n) is 6.40. The minimum absolute atomic E-state index is 0.389. The first-order chi connectivity index (χ1) is 9.26. The van der Waals surface area contributed by atoms with E-state index in [9.17, 15) is 4.79 Å². The van der Waals surface area contributed by atoms with Crippen LogP contribution in [-0.4, -0.2) is 29.9 Å². The fourth-order valence-electron chi connectivity index (χ4n) is 3.85. The minimum Gasteiger partial charge on any atom is -0.339 e. The first kappa shape index (κ1) is 14.8. The number of carbonyl (C=O) groups is 1. The number of amides is 1. The molecule has 2 N–H and O–H groups in total. The maximum absolute atomic E-state index is 12.4. The van der Waals surface area contributed by atoms with Crippen LogP contribution in [0.1, 0.15) is 64.7 Å². The second kappa shape index (κ2) is 7.28. The third-order valence-electron chi connectivity index (χ3n) is 5.21. The molecule has 1 saturated carbocycles. The summed E-state index contributed by atoms with van der Waals surface area (Å²) in [6.45, 7) is 3.99. The van der Waals surface area contributed by atoms with Crippen LogP contribution in [0.25, 0.3) is 0 Å². The van der Waals surface area contributed by atoms with Crippen LogP contribution in [0.2, 0.25) is 0 Å². The Hall–Kier alpha value is -0.570. The molecule has 0 radical (unpaired) electrons. The Bertz CT molecular complexity index is 292. The van der Waals surface area contributed by atoms with Crippen molar-refractivity contribution >= 4 is 5.91 Å². The van der Waals surface area contributed by atoms with Crippen LogP contribution in [0.15, 0.2) is 0 Å². The van der Waals surface area contributed by atoms with Crippen molar-refractivity contribution in [2.24, 2.45) is 17.6 Å². The summed E-state index contributed by atoms with van der Waals surface area (Å²) < 4.78 is 0. The van der Waals surface area contributed by atoms with E-state index >= 15 is 0 Å². The molecule has 110 valence electrons. The lowest BCUT2D eigenvalue weighted by molar-refractivity contribution is -0.136. The van der Waals surface area contributed by atoms with Gasteiger partial charge in [0.05, 0.1) is 0 Å². The van der Waals surface area contributed by atoms with Gasteiger partial charge in [-0.05, 0) is 50.5 Å². The van der Waals surface area contributed by atoms with Crippen molar-refractivity contribution < 1.29 is 4.79 Å². The predicted octanol–water partition coefficient (Wildman–Crippen LogP) is 2.93. The van der Waals surface area contributed by atoms with Gasteiger partial charge in [-0.15, -0.1) is 0 Å². The molecular weight excluding hydrogens is 236 g/mol. The summed E-state index contributed by atoms with van der Waals surface area (Å²) in [4.78, 5) is 14.6. The Labute approximate surface area is 117 Å². The van der Waals surface area contributed by atoms with E-state index in [1.165, 1.54) is 44.9 Å². The molecule has 0 aromatic carbocycles. The van der Waals surface area contributed by atoms with Gasteiger partial charge in [0.15, 0.2) is 0 Å². The molecular formula is C16H30N2O. The van der Waals surface area contributed by atoms with Gasteiger partial charge in [0, 0.05) is 19.0 Å². The van der Waals surface area contributed by atoms with Gasteiger partial charge in [0.25, 0.3) is 0 Å². The first-order valence-corrected chi connectivity index (χ1v) is 8.25. The van der Waals surface area contributed by atoms with Crippen molar-refractivity contribution in [3.63, 3.8) is 0 Å². The molecule has 0 aromatic heterocycles. The highest BCUT2D eigenvalue weighted by atomic mass is 16.2. The van der Waals surface area contributed by atoms with E-state index in [2.05, 4.69) is 11.8 Å². The highest BCUT2D eigenvalue weighted by molar-refractivity contribution is 5.76. The summed E-state index contributed by atoms with van der Waals surface area (Å²) in [6.07, 6.45) is 10.5. The van der Waals surface area contributed by atoms with Crippen molar-refractivity contribution in [2.45, 2.75) is 70.8 Å². The molecule has 0 spiro atoms. The van der Waals surface area contributed by atoms with Gasteiger partial charge in [0.1, 0.15) is 0 Å². The topological polar surface area (TPSA) is 46.3 Å². The van der Waals surface area contributed by atoms with Crippen LogP contribution in [0, 0.1) is 11.8 Å². The number of hydrogen-bond donors (Lipinski definition) is 1. The van der Waals surface area contributed by atoms with Gasteiger partial charge in [-0.2, -0.15) is 0 Å². The molecule has 1 amide bonds. The smallest absolute Gasteiger partial charge is 0.222 e. The molecule has 2 fully saturated rings. The number of nitrogens with zero attached hydrogens (tertiary/aromatic N) is 1. The maximum atomic E-state index is 12.4. The lowest BCUT2D eigenvalue weighted by Crippen LogP contribution is -2.50. The Balaban J connectivity index is 2.06. The molecule has 2 rings (SSSR count). The largest absolute Gasteiger partial charge is 0.339 e. The standard InChI is InChI=1S/C16H30N2O/c1-2-13-8-9-14(12-17)15(11-13)18-10-6-4-3-5-7-16(18)19/h13-15H,2-12,17H2,1H3. The van der Waals surface area contributed by atoms with Crippen LogP contribution < -0.4 is 5.73 Å². The van der Waals surface area contributed by atoms with E-state index in [-0.39, 0.29) is 0 Å². The molecule has 1 aliphatic carbocycles. The number of carbonyl (C=O) groups excluding carboxylic acids is 1. The van der Waals surface area contributed by atoms with Crippen molar-refractivity contribution in [1.82, 2.24) is 4.90 Å². The first-order valence-electron chi connectivity index (χ1n) is 8.25. The van der Waals surface area contributed by atoms with E-state index in [0.717, 1.165) is 31.8 Å². The predicted molar refractivity (Wildman–Crippen MR) is 78.8 cm³/mol. The third-order valence-corrected chi connectivity index (χ3v) is 5.21. The Kier molecular flexibility index (Phi) is 5.68. The molecule has 0 bridgehead atoms.